The van der Waals surface area contributed by atoms with E-state index in [9.17, 15) is 8.42 Å². The van der Waals surface area contributed by atoms with E-state index in [0.717, 1.165) is 20.8 Å². The van der Waals surface area contributed by atoms with Crippen molar-refractivity contribution < 1.29 is 8.42 Å². The number of aromatic nitrogens is 2. The van der Waals surface area contributed by atoms with E-state index in [1.165, 1.54) is 6.20 Å². The van der Waals surface area contributed by atoms with Crippen molar-refractivity contribution in [3.63, 3.8) is 0 Å². The fourth-order valence-corrected chi connectivity index (χ4v) is 3.63. The van der Waals surface area contributed by atoms with E-state index in [2.05, 4.69) is 5.10 Å². The minimum atomic E-state index is -3.81. The number of anilines is 1. The van der Waals surface area contributed by atoms with Gasteiger partial charge in [-0.2, -0.15) is 13.5 Å². The zero-order valence-corrected chi connectivity index (χ0v) is 13.7. The number of hydrogen-bond acceptors (Lipinski definition) is 4. The van der Waals surface area contributed by atoms with Crippen molar-refractivity contribution in [2.24, 2.45) is 0 Å². The molecule has 1 heterocycles. The Kier molecular flexibility index (Phi) is 3.69. The number of benzene rings is 2. The maximum absolute atomic E-state index is 12.7. The molecule has 23 heavy (non-hydrogen) atoms. The second-order valence-electron chi connectivity index (χ2n) is 5.42. The highest BCUT2D eigenvalue weighted by Gasteiger charge is 2.23. The van der Waals surface area contributed by atoms with Crippen LogP contribution >= 0.6 is 0 Å². The highest BCUT2D eigenvalue weighted by Crippen LogP contribution is 2.30. The van der Waals surface area contributed by atoms with Gasteiger partial charge in [0, 0.05) is 5.56 Å². The molecule has 3 aromatic rings. The lowest BCUT2D eigenvalue weighted by molar-refractivity contribution is 0.581. The summed E-state index contributed by atoms with van der Waals surface area (Å²) >= 11 is 0. The molecule has 0 amide bonds. The molecule has 0 spiro atoms. The Balaban J connectivity index is 2.12. The number of nitrogens with zero attached hydrogens (tertiary/aromatic N) is 2. The monoisotopic (exact) mass is 327 g/mol. The summed E-state index contributed by atoms with van der Waals surface area (Å²) in [7, 11) is -3.81. The molecule has 2 N–H and O–H groups in total. The van der Waals surface area contributed by atoms with Gasteiger partial charge >= 0.3 is 0 Å². The summed E-state index contributed by atoms with van der Waals surface area (Å²) in [6.07, 6.45) is 1.49. The van der Waals surface area contributed by atoms with Crippen molar-refractivity contribution in [3.8, 4) is 11.1 Å². The molecule has 0 bridgehead atoms. The van der Waals surface area contributed by atoms with Crippen LogP contribution in [0.25, 0.3) is 11.1 Å². The van der Waals surface area contributed by atoms with Gasteiger partial charge in [0.25, 0.3) is 10.0 Å². The predicted molar refractivity (Wildman–Crippen MR) is 90.6 cm³/mol. The third kappa shape index (κ3) is 2.61. The summed E-state index contributed by atoms with van der Waals surface area (Å²) in [6, 6.07) is 14.2. The van der Waals surface area contributed by atoms with Crippen molar-refractivity contribution in [2.75, 3.05) is 5.73 Å². The largest absolute Gasteiger partial charge is 0.382 e. The second-order valence-corrected chi connectivity index (χ2v) is 7.19. The van der Waals surface area contributed by atoms with Crippen molar-refractivity contribution in [2.45, 2.75) is 18.7 Å². The highest BCUT2D eigenvalue weighted by atomic mass is 32.2. The lowest BCUT2D eigenvalue weighted by Gasteiger charge is -2.08. The van der Waals surface area contributed by atoms with Gasteiger partial charge < -0.3 is 5.73 Å². The minimum absolute atomic E-state index is 0.111. The van der Waals surface area contributed by atoms with E-state index in [1.54, 1.807) is 24.3 Å². The Hall–Kier alpha value is -2.60. The SMILES string of the molecule is Cc1ccc(S(=O)(=O)n2ncc(-c3ccccc3C)c2N)cc1. The normalized spacial score (nSPS) is 11.6. The number of nitrogens with two attached hydrogens (primary N) is 1. The molecule has 3 rings (SSSR count). The molecular weight excluding hydrogens is 310 g/mol. The summed E-state index contributed by atoms with van der Waals surface area (Å²) in [5.74, 6) is 0.111. The molecule has 2 aromatic carbocycles. The minimum Gasteiger partial charge on any atom is -0.382 e. The predicted octanol–water partition coefficient (Wildman–Crippen LogP) is 2.99. The van der Waals surface area contributed by atoms with Crippen LogP contribution in [-0.2, 0) is 10.0 Å². The topological polar surface area (TPSA) is 78.0 Å². The van der Waals surface area contributed by atoms with Crippen LogP contribution in [0.5, 0.6) is 0 Å². The average Bonchev–Trinajstić information content (AvgIpc) is 2.90. The van der Waals surface area contributed by atoms with Gasteiger partial charge in [0.15, 0.2) is 0 Å². The van der Waals surface area contributed by atoms with Crippen LogP contribution in [0.2, 0.25) is 0 Å². The smallest absolute Gasteiger partial charge is 0.284 e. The molecule has 0 saturated heterocycles. The molecule has 0 aliphatic rings. The van der Waals surface area contributed by atoms with Gasteiger partial charge in [0.05, 0.1) is 11.1 Å². The van der Waals surface area contributed by atoms with E-state index >= 15 is 0 Å². The Morgan fingerprint density at radius 2 is 1.61 bits per heavy atom. The van der Waals surface area contributed by atoms with Crippen LogP contribution in [0.1, 0.15) is 11.1 Å². The summed E-state index contributed by atoms with van der Waals surface area (Å²) < 4.78 is 26.3. The zero-order valence-electron chi connectivity index (χ0n) is 12.9. The lowest BCUT2D eigenvalue weighted by Crippen LogP contribution is -2.16. The van der Waals surface area contributed by atoms with E-state index in [-0.39, 0.29) is 10.7 Å². The molecule has 1 aromatic heterocycles. The fourth-order valence-electron chi connectivity index (χ4n) is 2.43. The molecule has 118 valence electrons. The van der Waals surface area contributed by atoms with E-state index < -0.39 is 10.0 Å². The van der Waals surface area contributed by atoms with Gasteiger partial charge in [-0.3, -0.25) is 0 Å². The van der Waals surface area contributed by atoms with E-state index in [1.807, 2.05) is 38.1 Å². The first kappa shape index (κ1) is 15.3. The first-order valence-electron chi connectivity index (χ1n) is 7.13. The molecular formula is C17H17N3O2S. The van der Waals surface area contributed by atoms with E-state index in [0.29, 0.717) is 5.56 Å². The van der Waals surface area contributed by atoms with Crippen molar-refractivity contribution >= 4 is 15.8 Å². The molecule has 0 unspecified atom stereocenters. The Bertz CT molecular complexity index is 958. The first-order valence-corrected chi connectivity index (χ1v) is 8.57. The van der Waals surface area contributed by atoms with Crippen LogP contribution in [-0.4, -0.2) is 17.6 Å². The molecule has 0 aliphatic carbocycles. The van der Waals surface area contributed by atoms with Crippen molar-refractivity contribution in [1.29, 1.82) is 0 Å². The third-order valence-corrected chi connectivity index (χ3v) is 5.37. The number of hydrogen-bond donors (Lipinski definition) is 1. The molecule has 0 saturated carbocycles. The van der Waals surface area contributed by atoms with E-state index in [4.69, 9.17) is 5.73 Å². The standard InChI is InChI=1S/C17H17N3O2S/c1-12-7-9-14(10-8-12)23(21,22)20-17(18)16(11-19-20)15-6-4-3-5-13(15)2/h3-11H,18H2,1-2H3. The Morgan fingerprint density at radius 1 is 0.957 bits per heavy atom. The number of rotatable bonds is 3. The number of nitrogen functional groups attached to an aromatic ring is 1. The summed E-state index contributed by atoms with van der Waals surface area (Å²) in [5.41, 5.74) is 9.55. The zero-order chi connectivity index (χ0) is 16.6. The summed E-state index contributed by atoms with van der Waals surface area (Å²) in [5, 5.41) is 4.01. The van der Waals surface area contributed by atoms with Crippen LogP contribution in [0.4, 0.5) is 5.82 Å². The summed E-state index contributed by atoms with van der Waals surface area (Å²) in [4.78, 5) is 0.161. The fraction of sp³-hybridized carbons (Fsp3) is 0.118. The van der Waals surface area contributed by atoms with Crippen LogP contribution in [0, 0.1) is 13.8 Å². The van der Waals surface area contributed by atoms with Crippen molar-refractivity contribution in [3.05, 3.63) is 65.9 Å². The first-order chi connectivity index (χ1) is 10.9. The van der Waals surface area contributed by atoms with Gasteiger partial charge in [0.2, 0.25) is 0 Å². The van der Waals surface area contributed by atoms with Crippen LogP contribution in [0.3, 0.4) is 0 Å². The highest BCUT2D eigenvalue weighted by molar-refractivity contribution is 7.90. The second kappa shape index (κ2) is 5.55. The maximum atomic E-state index is 12.7. The molecule has 5 nitrogen and oxygen atoms in total. The molecule has 0 radical (unpaired) electrons. The maximum Gasteiger partial charge on any atom is 0.284 e. The van der Waals surface area contributed by atoms with Gasteiger partial charge in [-0.15, -0.1) is 4.09 Å². The Labute approximate surface area is 135 Å². The van der Waals surface area contributed by atoms with Crippen LogP contribution in [0.15, 0.2) is 59.6 Å². The van der Waals surface area contributed by atoms with Crippen molar-refractivity contribution in [1.82, 2.24) is 9.19 Å². The third-order valence-electron chi connectivity index (χ3n) is 3.76. The van der Waals surface area contributed by atoms with Gasteiger partial charge in [0.1, 0.15) is 5.82 Å². The summed E-state index contributed by atoms with van der Waals surface area (Å²) in [6.45, 7) is 3.84. The van der Waals surface area contributed by atoms with Gasteiger partial charge in [-0.05, 0) is 37.1 Å². The molecule has 6 heteroatoms. The van der Waals surface area contributed by atoms with Crippen LogP contribution < -0.4 is 5.73 Å². The number of aryl methyl sites for hydroxylation is 2. The Morgan fingerprint density at radius 3 is 2.26 bits per heavy atom. The van der Waals surface area contributed by atoms with Gasteiger partial charge in [-0.25, -0.2) is 0 Å². The quantitative estimate of drug-likeness (QED) is 0.802. The van der Waals surface area contributed by atoms with Gasteiger partial charge in [-0.1, -0.05) is 42.0 Å². The average molecular weight is 327 g/mol. The molecule has 0 aliphatic heterocycles. The molecule has 0 atom stereocenters. The lowest BCUT2D eigenvalue weighted by atomic mass is 10.0. The molecule has 0 fully saturated rings.